The minimum Gasteiger partial charge on any atom is -0.338 e. The summed E-state index contributed by atoms with van der Waals surface area (Å²) in [5.74, 6) is -5.02. The molecular formula is C17H10ClF3N4O. The molecule has 0 aliphatic heterocycles. The van der Waals surface area contributed by atoms with Gasteiger partial charge in [-0.25, -0.2) is 23.1 Å². The van der Waals surface area contributed by atoms with Gasteiger partial charge < -0.3 is 10.6 Å². The monoisotopic (exact) mass is 378 g/mol. The number of anilines is 3. The molecule has 1 amide bonds. The van der Waals surface area contributed by atoms with Gasteiger partial charge in [-0.2, -0.15) is 0 Å². The van der Waals surface area contributed by atoms with Crippen LogP contribution in [0.1, 0.15) is 10.5 Å². The van der Waals surface area contributed by atoms with Crippen molar-refractivity contribution in [1.29, 1.82) is 0 Å². The standard InChI is InChI=1S/C17H10ClF3N4O/c18-9-3-1-2-4-11(9)24-14-8-22-13(7-23-14)17(26)25-12-6-5-10(19)15(20)16(12)21/h1-8H,(H,23,24)(H,25,26). The van der Waals surface area contributed by atoms with E-state index in [-0.39, 0.29) is 5.69 Å². The Labute approximate surface area is 150 Å². The Morgan fingerprint density at radius 1 is 0.923 bits per heavy atom. The van der Waals surface area contributed by atoms with Crippen molar-refractivity contribution in [3.05, 3.63) is 77.0 Å². The molecular weight excluding hydrogens is 369 g/mol. The van der Waals surface area contributed by atoms with Gasteiger partial charge in [0.05, 0.1) is 28.8 Å². The maximum absolute atomic E-state index is 13.6. The molecule has 0 unspecified atom stereocenters. The highest BCUT2D eigenvalue weighted by atomic mass is 35.5. The van der Waals surface area contributed by atoms with Gasteiger partial charge in [-0.3, -0.25) is 4.79 Å². The zero-order valence-corrected chi connectivity index (χ0v) is 13.7. The lowest BCUT2D eigenvalue weighted by Gasteiger charge is -2.09. The van der Waals surface area contributed by atoms with E-state index in [0.29, 0.717) is 22.6 Å². The number of aromatic nitrogens is 2. The molecule has 2 aromatic carbocycles. The van der Waals surface area contributed by atoms with Gasteiger partial charge in [-0.1, -0.05) is 23.7 Å². The van der Waals surface area contributed by atoms with E-state index in [1.807, 2.05) is 0 Å². The molecule has 2 N–H and O–H groups in total. The van der Waals surface area contributed by atoms with Gasteiger partial charge in [0.1, 0.15) is 11.5 Å². The molecule has 0 aliphatic rings. The first-order chi connectivity index (χ1) is 12.5. The lowest BCUT2D eigenvalue weighted by atomic mass is 10.2. The van der Waals surface area contributed by atoms with Crippen molar-refractivity contribution in [3.63, 3.8) is 0 Å². The molecule has 0 aliphatic carbocycles. The third kappa shape index (κ3) is 3.75. The summed E-state index contributed by atoms with van der Waals surface area (Å²) in [6.45, 7) is 0. The molecule has 0 bridgehead atoms. The van der Waals surface area contributed by atoms with E-state index < -0.39 is 29.0 Å². The zero-order chi connectivity index (χ0) is 18.7. The number of nitrogens with zero attached hydrogens (tertiary/aromatic N) is 2. The summed E-state index contributed by atoms with van der Waals surface area (Å²) in [4.78, 5) is 20.0. The third-order valence-corrected chi connectivity index (χ3v) is 3.63. The molecule has 3 aromatic rings. The molecule has 9 heteroatoms. The lowest BCUT2D eigenvalue weighted by Crippen LogP contribution is -2.16. The van der Waals surface area contributed by atoms with Gasteiger partial charge in [0.2, 0.25) is 0 Å². The molecule has 0 fully saturated rings. The van der Waals surface area contributed by atoms with E-state index in [0.717, 1.165) is 12.3 Å². The van der Waals surface area contributed by atoms with E-state index in [1.165, 1.54) is 6.20 Å². The normalized spacial score (nSPS) is 10.5. The highest BCUT2D eigenvalue weighted by Gasteiger charge is 2.17. The van der Waals surface area contributed by atoms with E-state index in [1.54, 1.807) is 24.3 Å². The van der Waals surface area contributed by atoms with Crippen molar-refractivity contribution in [3.8, 4) is 0 Å². The molecule has 0 saturated heterocycles. The number of benzene rings is 2. The topological polar surface area (TPSA) is 66.9 Å². The van der Waals surface area contributed by atoms with Crippen LogP contribution < -0.4 is 10.6 Å². The second-order valence-electron chi connectivity index (χ2n) is 5.07. The third-order valence-electron chi connectivity index (χ3n) is 3.30. The van der Waals surface area contributed by atoms with Crippen LogP contribution in [0.4, 0.5) is 30.4 Å². The van der Waals surface area contributed by atoms with Crippen LogP contribution in [0.3, 0.4) is 0 Å². The Balaban J connectivity index is 1.73. The van der Waals surface area contributed by atoms with Crippen molar-refractivity contribution >= 4 is 34.7 Å². The minimum atomic E-state index is -1.67. The summed E-state index contributed by atoms with van der Waals surface area (Å²) in [6, 6.07) is 8.58. The summed E-state index contributed by atoms with van der Waals surface area (Å²) >= 11 is 6.02. The Hall–Kier alpha value is -3.13. The predicted octanol–water partition coefficient (Wildman–Crippen LogP) is 4.54. The van der Waals surface area contributed by atoms with Crippen LogP contribution in [-0.2, 0) is 0 Å². The number of carbonyl (C=O) groups is 1. The van der Waals surface area contributed by atoms with Gasteiger partial charge in [0.25, 0.3) is 5.91 Å². The fraction of sp³-hybridized carbons (Fsp3) is 0. The first-order valence-corrected chi connectivity index (χ1v) is 7.62. The van der Waals surface area contributed by atoms with Crippen LogP contribution in [0.15, 0.2) is 48.8 Å². The Morgan fingerprint density at radius 3 is 2.38 bits per heavy atom. The van der Waals surface area contributed by atoms with Crippen molar-refractivity contribution in [2.45, 2.75) is 0 Å². The molecule has 5 nitrogen and oxygen atoms in total. The fourth-order valence-electron chi connectivity index (χ4n) is 2.02. The molecule has 132 valence electrons. The molecule has 0 saturated carbocycles. The van der Waals surface area contributed by atoms with Crippen LogP contribution in [0.25, 0.3) is 0 Å². The highest BCUT2D eigenvalue weighted by molar-refractivity contribution is 6.33. The number of carbonyl (C=O) groups excluding carboxylic acids is 1. The molecule has 26 heavy (non-hydrogen) atoms. The Kier molecular flexibility index (Phi) is 5.04. The number of amides is 1. The summed E-state index contributed by atoms with van der Waals surface area (Å²) in [6.07, 6.45) is 2.42. The van der Waals surface area contributed by atoms with Gasteiger partial charge in [0, 0.05) is 0 Å². The number of rotatable bonds is 4. The molecule has 1 heterocycles. The average Bonchev–Trinajstić information content (AvgIpc) is 2.64. The highest BCUT2D eigenvalue weighted by Crippen LogP contribution is 2.24. The number of halogens is 4. The van der Waals surface area contributed by atoms with Crippen LogP contribution in [0.5, 0.6) is 0 Å². The molecule has 3 rings (SSSR count). The Bertz CT molecular complexity index is 967. The Morgan fingerprint density at radius 2 is 1.69 bits per heavy atom. The predicted molar refractivity (Wildman–Crippen MR) is 91.0 cm³/mol. The second kappa shape index (κ2) is 7.40. The molecule has 0 spiro atoms. The molecule has 0 atom stereocenters. The van der Waals surface area contributed by atoms with Gasteiger partial charge >= 0.3 is 0 Å². The second-order valence-corrected chi connectivity index (χ2v) is 5.48. The van der Waals surface area contributed by atoms with Crippen molar-refractivity contribution in [2.24, 2.45) is 0 Å². The number of para-hydroxylation sites is 1. The van der Waals surface area contributed by atoms with E-state index >= 15 is 0 Å². The van der Waals surface area contributed by atoms with Crippen molar-refractivity contribution in [2.75, 3.05) is 10.6 Å². The van der Waals surface area contributed by atoms with Gasteiger partial charge in [0.15, 0.2) is 17.5 Å². The van der Waals surface area contributed by atoms with E-state index in [9.17, 15) is 18.0 Å². The molecule has 1 aromatic heterocycles. The number of hydrogen-bond acceptors (Lipinski definition) is 4. The summed E-state index contributed by atoms with van der Waals surface area (Å²) < 4.78 is 39.7. The van der Waals surface area contributed by atoms with Crippen molar-refractivity contribution < 1.29 is 18.0 Å². The van der Waals surface area contributed by atoms with Gasteiger partial charge in [-0.05, 0) is 24.3 Å². The zero-order valence-electron chi connectivity index (χ0n) is 12.9. The SMILES string of the molecule is O=C(Nc1ccc(F)c(F)c1F)c1cnc(Nc2ccccc2Cl)cn1. The largest absolute Gasteiger partial charge is 0.338 e. The number of nitrogens with one attached hydrogen (secondary N) is 2. The first kappa shape index (κ1) is 17.7. The van der Waals surface area contributed by atoms with Crippen LogP contribution in [0, 0.1) is 17.5 Å². The minimum absolute atomic E-state index is 0.140. The van der Waals surface area contributed by atoms with Crippen LogP contribution in [-0.4, -0.2) is 15.9 Å². The maximum Gasteiger partial charge on any atom is 0.275 e. The smallest absolute Gasteiger partial charge is 0.275 e. The van der Waals surface area contributed by atoms with E-state index in [4.69, 9.17) is 11.6 Å². The maximum atomic E-state index is 13.6. The van der Waals surface area contributed by atoms with E-state index in [2.05, 4.69) is 20.6 Å². The van der Waals surface area contributed by atoms with Crippen molar-refractivity contribution in [1.82, 2.24) is 9.97 Å². The van der Waals surface area contributed by atoms with Gasteiger partial charge in [-0.15, -0.1) is 0 Å². The first-order valence-electron chi connectivity index (χ1n) is 7.24. The lowest BCUT2D eigenvalue weighted by molar-refractivity contribution is 0.102. The number of hydrogen-bond donors (Lipinski definition) is 2. The average molecular weight is 379 g/mol. The van der Waals surface area contributed by atoms with Crippen LogP contribution in [0.2, 0.25) is 5.02 Å². The summed E-state index contributed by atoms with van der Waals surface area (Å²) in [7, 11) is 0. The quantitative estimate of drug-likeness (QED) is 0.654. The summed E-state index contributed by atoms with van der Waals surface area (Å²) in [5, 5.41) is 5.51. The molecule has 0 radical (unpaired) electrons. The summed E-state index contributed by atoms with van der Waals surface area (Å²) in [5.41, 5.74) is -0.0441. The fourth-order valence-corrected chi connectivity index (χ4v) is 2.20. The van der Waals surface area contributed by atoms with Crippen LogP contribution >= 0.6 is 11.6 Å².